The van der Waals surface area contributed by atoms with Gasteiger partial charge in [-0.15, -0.1) is 11.4 Å². The second kappa shape index (κ2) is 13.2. The van der Waals surface area contributed by atoms with Gasteiger partial charge in [-0.05, 0) is 60.2 Å². The number of benzene rings is 1. The van der Waals surface area contributed by atoms with E-state index >= 15 is 0 Å². The van der Waals surface area contributed by atoms with Crippen molar-refractivity contribution in [1.82, 2.24) is 14.9 Å². The van der Waals surface area contributed by atoms with E-state index in [1.807, 2.05) is 24.3 Å². The lowest BCUT2D eigenvalue weighted by molar-refractivity contribution is -0.116. The zero-order chi connectivity index (χ0) is 25.3. The first-order chi connectivity index (χ1) is 16.0. The van der Waals surface area contributed by atoms with Gasteiger partial charge in [-0.1, -0.05) is 18.2 Å². The third kappa shape index (κ3) is 9.74. The topological polar surface area (TPSA) is 159 Å². The van der Waals surface area contributed by atoms with Crippen molar-refractivity contribution in [1.29, 1.82) is 0 Å². The number of hydrogen-bond donors (Lipinski definition) is 5. The Kier molecular flexibility index (Phi) is 11.0. The number of amides is 1. The van der Waals surface area contributed by atoms with Crippen LogP contribution in [-0.4, -0.2) is 47.8 Å². The molecule has 0 aliphatic rings. The van der Waals surface area contributed by atoms with Gasteiger partial charge in [0.05, 0.1) is 18.2 Å². The van der Waals surface area contributed by atoms with E-state index in [2.05, 4.69) is 37.1 Å². The average Bonchev–Trinajstić information content (AvgIpc) is 2.75. The van der Waals surface area contributed by atoms with Gasteiger partial charge in [0.1, 0.15) is 11.6 Å². The fraction of sp³-hybridized carbons (Fsp3) is 0.238. The maximum Gasteiger partial charge on any atom is 0.469 e. The van der Waals surface area contributed by atoms with Crippen LogP contribution < -0.4 is 5.73 Å². The summed E-state index contributed by atoms with van der Waals surface area (Å²) >= 11 is 2.54. The van der Waals surface area contributed by atoms with Crippen LogP contribution in [0.4, 0.5) is 5.82 Å². The van der Waals surface area contributed by atoms with Gasteiger partial charge < -0.3 is 25.5 Å². The van der Waals surface area contributed by atoms with Crippen molar-refractivity contribution in [2.24, 2.45) is 0 Å². The molecular weight excluding hydrogens is 594 g/mol. The van der Waals surface area contributed by atoms with E-state index in [1.165, 1.54) is 17.2 Å². The number of anilines is 1. The Labute approximate surface area is 214 Å². The van der Waals surface area contributed by atoms with Crippen LogP contribution in [0.25, 0.3) is 6.08 Å². The van der Waals surface area contributed by atoms with E-state index in [1.54, 1.807) is 19.9 Å². The normalized spacial score (nSPS) is 13.4. The van der Waals surface area contributed by atoms with Crippen molar-refractivity contribution in [3.05, 3.63) is 67.7 Å². The number of hydrogen-bond acceptors (Lipinski definition) is 6. The molecule has 10 nitrogen and oxygen atoms in total. The minimum atomic E-state index is -4.67. The molecule has 0 fully saturated rings. The molecule has 13 heteroatoms. The lowest BCUT2D eigenvalue weighted by Gasteiger charge is -2.21. The Balaban J connectivity index is 2.35. The van der Waals surface area contributed by atoms with Gasteiger partial charge in [0.25, 0.3) is 0 Å². The standard InChI is InChI=1S/C21H26IN4O6PS/c1-14(26(13-27)12-17-11-24-15(2)25-21(17)23)19(8-9-32-33(29,30)31)34-20(28)7-6-16-4-3-5-18(22)10-16/h3-7,10-11,13,28,34H,8-9,12H2,1-2H3,(H2,23,24,25)(H2,29,30,31)/b7-6+,19-14-. The Hall–Kier alpha value is -1.93. The summed E-state index contributed by atoms with van der Waals surface area (Å²) in [6, 6.07) is 7.68. The van der Waals surface area contributed by atoms with Crippen molar-refractivity contribution >= 4 is 65.1 Å². The summed E-state index contributed by atoms with van der Waals surface area (Å²) in [5.74, 6) is 0.741. The first-order valence-corrected chi connectivity index (χ1v) is 13.4. The lowest BCUT2D eigenvalue weighted by atomic mass is 10.2. The number of carbonyl (C=O) groups is 1. The highest BCUT2D eigenvalue weighted by Crippen LogP contribution is 2.36. The third-order valence-electron chi connectivity index (χ3n) is 4.46. The highest BCUT2D eigenvalue weighted by atomic mass is 127. The fourth-order valence-corrected chi connectivity index (χ4v) is 4.57. The number of phosphoric acid groups is 1. The molecule has 0 saturated heterocycles. The second-order valence-electron chi connectivity index (χ2n) is 7.03. The molecule has 0 saturated carbocycles. The summed E-state index contributed by atoms with van der Waals surface area (Å²) in [5.41, 5.74) is 7.84. The number of aliphatic hydroxyl groups excluding tert-OH is 1. The molecule has 1 amide bonds. The molecule has 34 heavy (non-hydrogen) atoms. The first kappa shape index (κ1) is 28.3. The minimum Gasteiger partial charge on any atom is -0.383 e. The highest BCUT2D eigenvalue weighted by molar-refractivity contribution is 14.1. The van der Waals surface area contributed by atoms with Gasteiger partial charge in [0.15, 0.2) is 0 Å². The van der Waals surface area contributed by atoms with Crippen molar-refractivity contribution in [2.45, 2.75) is 26.8 Å². The van der Waals surface area contributed by atoms with Crippen LogP contribution in [0.1, 0.15) is 30.3 Å². The Morgan fingerprint density at radius 3 is 2.74 bits per heavy atom. The molecule has 5 N–H and O–H groups in total. The molecule has 0 spiro atoms. The molecule has 1 aromatic heterocycles. The number of nitrogen functional groups attached to an aromatic ring is 1. The predicted octanol–water partition coefficient (Wildman–Crippen LogP) is 3.53. The minimum absolute atomic E-state index is 0.0200. The molecule has 1 heterocycles. The molecule has 0 aliphatic heterocycles. The zero-order valence-corrected chi connectivity index (χ0v) is 22.4. The quantitative estimate of drug-likeness (QED) is 0.0633. The molecule has 184 valence electrons. The summed E-state index contributed by atoms with van der Waals surface area (Å²) in [6.07, 6.45) is 5.46. The zero-order valence-electron chi connectivity index (χ0n) is 18.5. The number of halogens is 1. The fourth-order valence-electron chi connectivity index (χ4n) is 2.75. The van der Waals surface area contributed by atoms with E-state index in [4.69, 9.17) is 15.5 Å². The Morgan fingerprint density at radius 2 is 2.12 bits per heavy atom. The number of aliphatic hydroxyl groups is 1. The van der Waals surface area contributed by atoms with Crippen molar-refractivity contribution in [3.63, 3.8) is 0 Å². The summed E-state index contributed by atoms with van der Waals surface area (Å²) in [6.45, 7) is 3.14. The Bertz CT molecular complexity index is 1170. The molecule has 0 atom stereocenters. The van der Waals surface area contributed by atoms with Crippen LogP contribution in [0.5, 0.6) is 0 Å². The number of nitrogens with zero attached hydrogens (tertiary/aromatic N) is 3. The van der Waals surface area contributed by atoms with Crippen molar-refractivity contribution in [2.75, 3.05) is 12.3 Å². The van der Waals surface area contributed by atoms with Crippen LogP contribution in [0.2, 0.25) is 0 Å². The van der Waals surface area contributed by atoms with Crippen LogP contribution in [0.3, 0.4) is 0 Å². The number of carbonyl (C=O) groups excluding carboxylic acids is 1. The van der Waals surface area contributed by atoms with Gasteiger partial charge in [-0.3, -0.25) is 9.32 Å². The number of rotatable bonds is 11. The highest BCUT2D eigenvalue weighted by Gasteiger charge is 2.16. The van der Waals surface area contributed by atoms with Crippen LogP contribution in [-0.2, 0) is 20.4 Å². The SMILES string of the molecule is C/C(=C(CCOP(=O)(O)O)/[SH]=C(O)\C=C\c1cccc(I)c1)N(C=O)Cc1cnc(C)nc1N. The average molecular weight is 620 g/mol. The van der Waals surface area contributed by atoms with Gasteiger partial charge in [0, 0.05) is 32.4 Å². The summed E-state index contributed by atoms with van der Waals surface area (Å²) in [5, 5.41) is 10.5. The lowest BCUT2D eigenvalue weighted by Crippen LogP contribution is -2.22. The van der Waals surface area contributed by atoms with Crippen molar-refractivity contribution in [3.8, 4) is 0 Å². The van der Waals surface area contributed by atoms with Crippen LogP contribution >= 0.6 is 41.8 Å². The molecule has 2 aromatic rings. The van der Waals surface area contributed by atoms with E-state index in [0.717, 1.165) is 9.13 Å². The number of nitrogens with two attached hydrogens (primary N) is 1. The van der Waals surface area contributed by atoms with E-state index in [9.17, 15) is 14.5 Å². The number of allylic oxidation sites excluding steroid dienone is 1. The predicted molar refractivity (Wildman–Crippen MR) is 143 cm³/mol. The van der Waals surface area contributed by atoms with E-state index in [0.29, 0.717) is 39.8 Å². The number of aromatic nitrogens is 2. The summed E-state index contributed by atoms with van der Waals surface area (Å²) in [4.78, 5) is 39.9. The monoisotopic (exact) mass is 620 g/mol. The summed E-state index contributed by atoms with van der Waals surface area (Å²) < 4.78 is 16.7. The van der Waals surface area contributed by atoms with Crippen LogP contribution in [0.15, 0.2) is 47.1 Å². The van der Waals surface area contributed by atoms with E-state index in [-0.39, 0.29) is 30.4 Å². The smallest absolute Gasteiger partial charge is 0.383 e. The van der Waals surface area contributed by atoms with Crippen molar-refractivity contribution < 1.29 is 28.8 Å². The molecule has 0 bridgehead atoms. The van der Waals surface area contributed by atoms with E-state index < -0.39 is 7.82 Å². The molecule has 0 radical (unpaired) electrons. The number of aryl methyl sites for hydroxylation is 1. The molecule has 0 aliphatic carbocycles. The second-order valence-corrected chi connectivity index (χ2v) is 10.7. The molecule has 1 aromatic carbocycles. The molecule has 0 unspecified atom stereocenters. The molecular formula is C21H26IN4O6PS. The summed E-state index contributed by atoms with van der Waals surface area (Å²) in [7, 11) is -4.67. The van der Waals surface area contributed by atoms with Gasteiger partial charge in [-0.2, -0.15) is 0 Å². The Morgan fingerprint density at radius 1 is 1.38 bits per heavy atom. The third-order valence-corrected chi connectivity index (χ3v) is 6.84. The largest absolute Gasteiger partial charge is 0.469 e. The maximum atomic E-state index is 11.9. The number of phosphoric ester groups is 1. The first-order valence-electron chi connectivity index (χ1n) is 9.89. The van der Waals surface area contributed by atoms with Crippen LogP contribution in [0, 0.1) is 10.5 Å². The number of thiol groups is 1. The van der Waals surface area contributed by atoms with Gasteiger partial charge in [-0.25, -0.2) is 14.5 Å². The molecule has 2 rings (SSSR count). The maximum absolute atomic E-state index is 11.9. The van der Waals surface area contributed by atoms with Gasteiger partial charge >= 0.3 is 7.82 Å². The van der Waals surface area contributed by atoms with Gasteiger partial charge in [0.2, 0.25) is 6.41 Å².